The van der Waals surface area contributed by atoms with Crippen LogP contribution in [0.5, 0.6) is 0 Å². The van der Waals surface area contributed by atoms with Crippen LogP contribution in [-0.2, 0) is 0 Å². The third-order valence-corrected chi connectivity index (χ3v) is 4.32. The first-order valence-electron chi connectivity index (χ1n) is 5.81. The maximum absolute atomic E-state index is 6.49. The molecule has 0 aromatic carbocycles. The van der Waals surface area contributed by atoms with Gasteiger partial charge in [-0.05, 0) is 43.4 Å². The third kappa shape index (κ3) is 1.76. The Labute approximate surface area is 82.1 Å². The van der Waals surface area contributed by atoms with Crippen molar-refractivity contribution >= 4 is 0 Å². The van der Waals surface area contributed by atoms with Crippen LogP contribution >= 0.6 is 0 Å². The average molecular weight is 181 g/mol. The summed E-state index contributed by atoms with van der Waals surface area (Å²) in [6.45, 7) is 4.79. The molecule has 0 amide bonds. The summed E-state index contributed by atoms with van der Waals surface area (Å²) in [5.41, 5.74) is 7.28. The van der Waals surface area contributed by atoms with Crippen LogP contribution < -0.4 is 5.73 Å². The van der Waals surface area contributed by atoms with Crippen LogP contribution in [0, 0.1) is 11.3 Å². The summed E-state index contributed by atoms with van der Waals surface area (Å²) in [6, 6.07) is 0. The summed E-state index contributed by atoms with van der Waals surface area (Å²) in [7, 11) is 0. The number of hydrogen-bond acceptors (Lipinski definition) is 1. The molecular weight excluding hydrogens is 158 g/mol. The van der Waals surface area contributed by atoms with Crippen molar-refractivity contribution in [3.8, 4) is 0 Å². The van der Waals surface area contributed by atoms with E-state index in [4.69, 9.17) is 5.73 Å². The van der Waals surface area contributed by atoms with Crippen molar-refractivity contribution in [3.05, 3.63) is 0 Å². The van der Waals surface area contributed by atoms with Crippen LogP contribution in [0.1, 0.15) is 58.8 Å². The summed E-state index contributed by atoms with van der Waals surface area (Å²) >= 11 is 0. The molecule has 76 valence electrons. The van der Waals surface area contributed by atoms with E-state index >= 15 is 0 Å². The molecule has 1 nitrogen and oxygen atoms in total. The van der Waals surface area contributed by atoms with Crippen LogP contribution in [0.2, 0.25) is 0 Å². The van der Waals surface area contributed by atoms with Crippen LogP contribution in [0.4, 0.5) is 0 Å². The van der Waals surface area contributed by atoms with E-state index in [0.29, 0.717) is 5.41 Å². The Bertz CT molecular complexity index is 189. The highest BCUT2D eigenvalue weighted by molar-refractivity contribution is 5.00. The zero-order chi connectivity index (χ0) is 9.53. The van der Waals surface area contributed by atoms with Crippen LogP contribution in [0.3, 0.4) is 0 Å². The average Bonchev–Trinajstić information content (AvgIpc) is 2.58. The number of rotatable bonds is 1. The highest BCUT2D eigenvalue weighted by Gasteiger charge is 2.43. The summed E-state index contributed by atoms with van der Waals surface area (Å²) in [6.07, 6.45) is 9.44. The molecule has 0 bridgehead atoms. The molecule has 0 saturated heterocycles. The van der Waals surface area contributed by atoms with E-state index < -0.39 is 0 Å². The molecule has 1 unspecified atom stereocenters. The standard InChI is InChI=1S/C12H23N/c1-11(2)8-5-10(9-11)12(13)6-3-4-7-12/h10H,3-9,13H2,1-2H3. The largest absolute Gasteiger partial charge is 0.325 e. The number of hydrogen-bond donors (Lipinski definition) is 1. The van der Waals surface area contributed by atoms with Crippen molar-refractivity contribution < 1.29 is 0 Å². The lowest BCUT2D eigenvalue weighted by Gasteiger charge is -2.32. The molecule has 0 aromatic rings. The van der Waals surface area contributed by atoms with Gasteiger partial charge >= 0.3 is 0 Å². The minimum atomic E-state index is 0.230. The number of nitrogens with two attached hydrogens (primary N) is 1. The molecule has 0 heterocycles. The zero-order valence-electron chi connectivity index (χ0n) is 9.10. The summed E-state index contributed by atoms with van der Waals surface area (Å²) in [4.78, 5) is 0. The van der Waals surface area contributed by atoms with Crippen LogP contribution in [0.25, 0.3) is 0 Å². The normalized spacial score (nSPS) is 36.7. The Balaban J connectivity index is 2.02. The molecule has 1 heteroatoms. The Hall–Kier alpha value is -0.0400. The molecule has 2 fully saturated rings. The lowest BCUT2D eigenvalue weighted by molar-refractivity contribution is 0.253. The van der Waals surface area contributed by atoms with Gasteiger partial charge in [0.2, 0.25) is 0 Å². The monoisotopic (exact) mass is 181 g/mol. The first-order valence-corrected chi connectivity index (χ1v) is 5.81. The Morgan fingerprint density at radius 3 is 2.15 bits per heavy atom. The van der Waals surface area contributed by atoms with E-state index in [1.54, 1.807) is 0 Å². The fourth-order valence-corrected chi connectivity index (χ4v) is 3.37. The minimum Gasteiger partial charge on any atom is -0.325 e. The van der Waals surface area contributed by atoms with Crippen molar-refractivity contribution in [1.29, 1.82) is 0 Å². The second kappa shape index (κ2) is 2.98. The van der Waals surface area contributed by atoms with Crippen LogP contribution in [0.15, 0.2) is 0 Å². The SMILES string of the molecule is CC1(C)CCC(C2(N)CCCC2)C1. The fourth-order valence-electron chi connectivity index (χ4n) is 3.37. The first kappa shape index (κ1) is 9.51. The topological polar surface area (TPSA) is 26.0 Å². The highest BCUT2D eigenvalue weighted by atomic mass is 14.8. The molecule has 2 saturated carbocycles. The van der Waals surface area contributed by atoms with E-state index in [0.717, 1.165) is 5.92 Å². The van der Waals surface area contributed by atoms with Gasteiger partial charge in [0, 0.05) is 5.54 Å². The Kier molecular flexibility index (Phi) is 2.18. The van der Waals surface area contributed by atoms with Gasteiger partial charge in [0.25, 0.3) is 0 Å². The summed E-state index contributed by atoms with van der Waals surface area (Å²) in [5, 5.41) is 0. The van der Waals surface area contributed by atoms with E-state index in [-0.39, 0.29) is 5.54 Å². The van der Waals surface area contributed by atoms with Gasteiger partial charge in [-0.3, -0.25) is 0 Å². The van der Waals surface area contributed by atoms with E-state index in [1.165, 1.54) is 44.9 Å². The molecular formula is C12H23N. The molecule has 0 radical (unpaired) electrons. The minimum absolute atomic E-state index is 0.230. The van der Waals surface area contributed by atoms with Gasteiger partial charge in [-0.25, -0.2) is 0 Å². The lowest BCUT2D eigenvalue weighted by atomic mass is 9.79. The summed E-state index contributed by atoms with van der Waals surface area (Å²) in [5.74, 6) is 0.824. The maximum Gasteiger partial charge on any atom is 0.0183 e. The third-order valence-electron chi connectivity index (χ3n) is 4.32. The molecule has 13 heavy (non-hydrogen) atoms. The van der Waals surface area contributed by atoms with E-state index in [9.17, 15) is 0 Å². The van der Waals surface area contributed by atoms with Crippen molar-refractivity contribution in [2.24, 2.45) is 17.1 Å². The van der Waals surface area contributed by atoms with Gasteiger partial charge in [-0.2, -0.15) is 0 Å². The molecule has 2 aliphatic carbocycles. The van der Waals surface area contributed by atoms with E-state index in [2.05, 4.69) is 13.8 Å². The molecule has 1 atom stereocenters. The van der Waals surface area contributed by atoms with Gasteiger partial charge in [0.1, 0.15) is 0 Å². The zero-order valence-corrected chi connectivity index (χ0v) is 9.10. The second-order valence-corrected chi connectivity index (χ2v) is 6.04. The van der Waals surface area contributed by atoms with Crippen molar-refractivity contribution in [1.82, 2.24) is 0 Å². The lowest BCUT2D eigenvalue weighted by Crippen LogP contribution is -2.43. The quantitative estimate of drug-likeness (QED) is 0.661. The van der Waals surface area contributed by atoms with Gasteiger partial charge in [-0.1, -0.05) is 26.7 Å². The molecule has 0 aliphatic heterocycles. The van der Waals surface area contributed by atoms with Gasteiger partial charge in [-0.15, -0.1) is 0 Å². The Morgan fingerprint density at radius 2 is 1.69 bits per heavy atom. The Morgan fingerprint density at radius 1 is 1.08 bits per heavy atom. The van der Waals surface area contributed by atoms with Gasteiger partial charge in [0.05, 0.1) is 0 Å². The van der Waals surface area contributed by atoms with Crippen molar-refractivity contribution in [2.45, 2.75) is 64.3 Å². The summed E-state index contributed by atoms with van der Waals surface area (Å²) < 4.78 is 0. The predicted molar refractivity (Wildman–Crippen MR) is 56.5 cm³/mol. The second-order valence-electron chi connectivity index (χ2n) is 6.04. The van der Waals surface area contributed by atoms with Crippen molar-refractivity contribution in [3.63, 3.8) is 0 Å². The smallest absolute Gasteiger partial charge is 0.0183 e. The maximum atomic E-state index is 6.49. The molecule has 0 aromatic heterocycles. The molecule has 0 spiro atoms. The first-order chi connectivity index (χ1) is 6.02. The van der Waals surface area contributed by atoms with E-state index in [1.807, 2.05) is 0 Å². The van der Waals surface area contributed by atoms with Crippen molar-refractivity contribution in [2.75, 3.05) is 0 Å². The predicted octanol–water partition coefficient (Wildman–Crippen LogP) is 3.08. The highest BCUT2D eigenvalue weighted by Crippen LogP contribution is 2.49. The van der Waals surface area contributed by atoms with Crippen LogP contribution in [-0.4, -0.2) is 5.54 Å². The fraction of sp³-hybridized carbons (Fsp3) is 1.00. The molecule has 2 N–H and O–H groups in total. The molecule has 2 rings (SSSR count). The van der Waals surface area contributed by atoms with Gasteiger partial charge in [0.15, 0.2) is 0 Å². The molecule has 2 aliphatic rings. The van der Waals surface area contributed by atoms with Gasteiger partial charge < -0.3 is 5.73 Å².